The average molecular weight is 409 g/mol. The number of H-pyrrole nitrogens is 1. The van der Waals surface area contributed by atoms with Crippen LogP contribution in [0.1, 0.15) is 41.2 Å². The summed E-state index contributed by atoms with van der Waals surface area (Å²) in [4.78, 5) is 10.8. The lowest BCUT2D eigenvalue weighted by Crippen LogP contribution is -1.96. The minimum atomic E-state index is -0.953. The van der Waals surface area contributed by atoms with Gasteiger partial charge in [-0.25, -0.2) is 4.79 Å². The van der Waals surface area contributed by atoms with Crippen molar-refractivity contribution in [2.24, 2.45) is 0 Å². The van der Waals surface area contributed by atoms with Gasteiger partial charge < -0.3 is 5.11 Å². The molecule has 4 heteroatoms. The normalized spacial score (nSPS) is 12.3. The van der Waals surface area contributed by atoms with E-state index in [1.54, 1.807) is 6.08 Å². The van der Waals surface area contributed by atoms with Gasteiger partial charge in [-0.3, -0.25) is 5.10 Å². The molecule has 0 saturated carbocycles. The first kappa shape index (κ1) is 20.4. The maximum Gasteiger partial charge on any atom is 0.328 e. The Morgan fingerprint density at radius 1 is 1.00 bits per heavy atom. The Morgan fingerprint density at radius 3 is 2.42 bits per heavy atom. The van der Waals surface area contributed by atoms with Gasteiger partial charge in [0.05, 0.1) is 11.7 Å². The van der Waals surface area contributed by atoms with E-state index >= 15 is 0 Å². The number of aromatic amines is 1. The predicted molar refractivity (Wildman–Crippen MR) is 127 cm³/mol. The smallest absolute Gasteiger partial charge is 0.328 e. The molecule has 4 aromatic rings. The third-order valence-corrected chi connectivity index (χ3v) is 5.43. The van der Waals surface area contributed by atoms with Crippen molar-refractivity contribution in [3.63, 3.8) is 0 Å². The lowest BCUT2D eigenvalue weighted by atomic mass is 9.87. The van der Waals surface area contributed by atoms with Gasteiger partial charge in [0, 0.05) is 11.5 Å². The van der Waals surface area contributed by atoms with Crippen molar-refractivity contribution in [1.82, 2.24) is 10.2 Å². The number of nitrogens with one attached hydrogen (secondary N) is 1. The van der Waals surface area contributed by atoms with Crippen LogP contribution >= 0.6 is 0 Å². The summed E-state index contributed by atoms with van der Waals surface area (Å²) in [6.45, 7) is 4.27. The van der Waals surface area contributed by atoms with Crippen LogP contribution in [0.5, 0.6) is 0 Å². The van der Waals surface area contributed by atoms with Gasteiger partial charge in [0.2, 0.25) is 0 Å². The van der Waals surface area contributed by atoms with Crippen molar-refractivity contribution < 1.29 is 9.90 Å². The summed E-state index contributed by atoms with van der Waals surface area (Å²) in [6.07, 6.45) is 5.50. The fraction of sp³-hybridized carbons (Fsp3) is 0.111. The van der Waals surface area contributed by atoms with Crippen LogP contribution in [0.2, 0.25) is 0 Å². The highest BCUT2D eigenvalue weighted by molar-refractivity contribution is 6.01. The van der Waals surface area contributed by atoms with Crippen molar-refractivity contribution >= 4 is 34.1 Å². The second kappa shape index (κ2) is 8.84. The molecule has 4 rings (SSSR count). The molecule has 154 valence electrons. The van der Waals surface area contributed by atoms with Crippen LogP contribution in [0.4, 0.5) is 0 Å². The van der Waals surface area contributed by atoms with E-state index in [0.29, 0.717) is 0 Å². The molecule has 0 spiro atoms. The summed E-state index contributed by atoms with van der Waals surface area (Å²) >= 11 is 0. The summed E-state index contributed by atoms with van der Waals surface area (Å²) in [5, 5.41) is 17.3. The number of hydrogen-bond acceptors (Lipinski definition) is 2. The number of fused-ring (bicyclic) bond motifs is 1. The third kappa shape index (κ3) is 4.33. The zero-order valence-corrected chi connectivity index (χ0v) is 17.6. The summed E-state index contributed by atoms with van der Waals surface area (Å²) in [5.41, 5.74) is 8.91. The number of allylic oxidation sites excluding steroid dienone is 1. The van der Waals surface area contributed by atoms with E-state index in [9.17, 15) is 4.79 Å². The molecule has 0 aliphatic carbocycles. The Bertz CT molecular complexity index is 1280. The molecule has 0 saturated heterocycles. The van der Waals surface area contributed by atoms with Gasteiger partial charge in [-0.2, -0.15) is 5.10 Å². The molecule has 2 N–H and O–H groups in total. The fourth-order valence-electron chi connectivity index (χ4n) is 3.99. The molecule has 0 aliphatic heterocycles. The number of nitrogens with zero attached hydrogens (tertiary/aromatic N) is 1. The first-order valence-electron chi connectivity index (χ1n) is 10.3. The molecular formula is C27H24N2O2. The predicted octanol–water partition coefficient (Wildman–Crippen LogP) is 6.34. The number of rotatable bonds is 6. The molecule has 0 atom stereocenters. The highest BCUT2D eigenvalue weighted by Gasteiger charge is 2.15. The first-order valence-corrected chi connectivity index (χ1v) is 10.3. The Balaban J connectivity index is 1.93. The topological polar surface area (TPSA) is 66.0 Å². The molecule has 0 radical (unpaired) electrons. The third-order valence-electron chi connectivity index (χ3n) is 5.43. The van der Waals surface area contributed by atoms with Crippen molar-refractivity contribution in [3.05, 3.63) is 107 Å². The number of hydrogen-bond donors (Lipinski definition) is 2. The van der Waals surface area contributed by atoms with Crippen molar-refractivity contribution in [2.45, 2.75) is 20.3 Å². The maximum atomic E-state index is 10.8. The van der Waals surface area contributed by atoms with Gasteiger partial charge in [-0.05, 0) is 70.5 Å². The lowest BCUT2D eigenvalue weighted by Gasteiger charge is -2.17. The van der Waals surface area contributed by atoms with E-state index in [2.05, 4.69) is 72.6 Å². The van der Waals surface area contributed by atoms with E-state index in [0.717, 1.165) is 45.7 Å². The van der Waals surface area contributed by atoms with Gasteiger partial charge in [0.15, 0.2) is 0 Å². The van der Waals surface area contributed by atoms with E-state index in [1.807, 2.05) is 24.4 Å². The fourth-order valence-corrected chi connectivity index (χ4v) is 3.99. The molecule has 1 aromatic heterocycles. The molecule has 31 heavy (non-hydrogen) atoms. The van der Waals surface area contributed by atoms with Crippen molar-refractivity contribution in [1.29, 1.82) is 0 Å². The van der Waals surface area contributed by atoms with Crippen LogP contribution < -0.4 is 0 Å². The van der Waals surface area contributed by atoms with E-state index in [1.165, 1.54) is 16.7 Å². The molecule has 0 fully saturated rings. The standard InChI is InChI=1S/C27H24N2O2/c1-3-24(20-7-5-4-6-8-20)26(21-12-9-19(10-13-21)11-14-25(30)31)22-15-18(2)27-23(16-22)17-28-29-27/h4-17H,3H2,1-2H3,(H,28,29)(H,30,31). The van der Waals surface area contributed by atoms with Gasteiger partial charge in [-0.1, -0.05) is 61.5 Å². The molecule has 0 amide bonds. The van der Waals surface area contributed by atoms with Gasteiger partial charge in [0.1, 0.15) is 0 Å². The second-order valence-corrected chi connectivity index (χ2v) is 7.49. The quantitative estimate of drug-likeness (QED) is 0.289. The van der Waals surface area contributed by atoms with E-state index < -0.39 is 5.97 Å². The number of benzene rings is 3. The maximum absolute atomic E-state index is 10.8. The molecule has 0 aliphatic rings. The van der Waals surface area contributed by atoms with E-state index in [4.69, 9.17) is 5.11 Å². The number of aryl methyl sites for hydroxylation is 1. The highest BCUT2D eigenvalue weighted by atomic mass is 16.4. The molecule has 0 unspecified atom stereocenters. The number of aromatic nitrogens is 2. The van der Waals surface area contributed by atoms with Gasteiger partial charge in [-0.15, -0.1) is 0 Å². The first-order chi connectivity index (χ1) is 15.1. The van der Waals surface area contributed by atoms with Crippen molar-refractivity contribution in [3.8, 4) is 0 Å². The minimum absolute atomic E-state index is 0.852. The van der Waals surface area contributed by atoms with Crippen LogP contribution in [0.15, 0.2) is 79.0 Å². The Morgan fingerprint density at radius 2 is 1.74 bits per heavy atom. The lowest BCUT2D eigenvalue weighted by molar-refractivity contribution is -0.131. The summed E-state index contributed by atoms with van der Waals surface area (Å²) in [6, 6.07) is 22.9. The molecule has 3 aromatic carbocycles. The van der Waals surface area contributed by atoms with Crippen LogP contribution in [-0.4, -0.2) is 21.3 Å². The van der Waals surface area contributed by atoms with Crippen molar-refractivity contribution in [2.75, 3.05) is 0 Å². The van der Waals surface area contributed by atoms with Gasteiger partial charge >= 0.3 is 5.97 Å². The average Bonchev–Trinajstić information content (AvgIpc) is 3.26. The molecule has 0 bridgehead atoms. The van der Waals surface area contributed by atoms with Crippen LogP contribution in [0, 0.1) is 6.92 Å². The highest BCUT2D eigenvalue weighted by Crippen LogP contribution is 2.36. The second-order valence-electron chi connectivity index (χ2n) is 7.49. The summed E-state index contributed by atoms with van der Waals surface area (Å²) in [5.74, 6) is -0.953. The van der Waals surface area contributed by atoms with Crippen LogP contribution in [0.3, 0.4) is 0 Å². The summed E-state index contributed by atoms with van der Waals surface area (Å²) in [7, 11) is 0. The Kier molecular flexibility index (Phi) is 5.80. The monoisotopic (exact) mass is 408 g/mol. The minimum Gasteiger partial charge on any atom is -0.478 e. The number of carboxylic acid groups (broad SMARTS) is 1. The molecular weight excluding hydrogens is 384 g/mol. The molecule has 4 nitrogen and oxygen atoms in total. The number of aliphatic carboxylic acids is 1. The Hall–Kier alpha value is -3.92. The SMILES string of the molecule is CCC(=C(c1ccc(C=CC(=O)O)cc1)c1cc(C)c2[nH]ncc2c1)c1ccccc1. The van der Waals surface area contributed by atoms with E-state index in [-0.39, 0.29) is 0 Å². The largest absolute Gasteiger partial charge is 0.478 e. The zero-order chi connectivity index (χ0) is 21.8. The summed E-state index contributed by atoms with van der Waals surface area (Å²) < 4.78 is 0. The molecule has 1 heterocycles. The Labute approximate surface area is 181 Å². The van der Waals surface area contributed by atoms with Gasteiger partial charge in [0.25, 0.3) is 0 Å². The number of carboxylic acids is 1. The van der Waals surface area contributed by atoms with Crippen LogP contribution in [0.25, 0.3) is 28.1 Å². The van der Waals surface area contributed by atoms with Crippen LogP contribution in [-0.2, 0) is 4.79 Å². The zero-order valence-electron chi connectivity index (χ0n) is 17.6. The number of carbonyl (C=O) groups is 1.